The Hall–Kier alpha value is -1.21. The van der Waals surface area contributed by atoms with Gasteiger partial charge in [-0.1, -0.05) is 0 Å². The molecular weight excluding hydrogens is 278 g/mol. The molecule has 2 rings (SSSR count). The largest absolute Gasteiger partial charge is 0.310 e. The third kappa shape index (κ3) is 4.14. The highest BCUT2D eigenvalue weighted by molar-refractivity contribution is 7.91. The van der Waals surface area contributed by atoms with Crippen LogP contribution >= 0.6 is 0 Å². The van der Waals surface area contributed by atoms with E-state index in [0.717, 1.165) is 0 Å². The predicted octanol–water partition coefficient (Wildman–Crippen LogP) is 0.560. The van der Waals surface area contributed by atoms with E-state index in [4.69, 9.17) is 0 Å². The normalized spacial score (nSPS) is 22.1. The van der Waals surface area contributed by atoms with Gasteiger partial charge >= 0.3 is 0 Å². The minimum absolute atomic E-state index is 0.0683. The first-order chi connectivity index (χ1) is 9.15. The summed E-state index contributed by atoms with van der Waals surface area (Å²) in [6.07, 6.45) is 0.529. The Labute approximate surface area is 118 Å². The quantitative estimate of drug-likeness (QED) is 0.851. The summed E-state index contributed by atoms with van der Waals surface area (Å²) in [6, 6.07) is 1.45. The van der Waals surface area contributed by atoms with Gasteiger partial charge in [0.2, 0.25) is 0 Å². The molecule has 6 nitrogen and oxygen atoms in total. The van der Waals surface area contributed by atoms with Crippen LogP contribution < -0.4 is 10.9 Å². The molecule has 0 spiro atoms. The van der Waals surface area contributed by atoms with E-state index in [1.165, 1.54) is 6.07 Å². The smallest absolute Gasteiger partial charge is 0.251 e. The molecule has 1 aliphatic heterocycles. The zero-order chi connectivity index (χ0) is 15.0. The zero-order valence-corrected chi connectivity index (χ0v) is 12.9. The molecule has 112 valence electrons. The predicted molar refractivity (Wildman–Crippen MR) is 77.5 cm³/mol. The Morgan fingerprint density at radius 3 is 2.70 bits per heavy atom. The number of hydrogen-bond acceptors (Lipinski definition) is 5. The maximum Gasteiger partial charge on any atom is 0.251 e. The summed E-state index contributed by atoms with van der Waals surface area (Å²) in [6.45, 7) is 6.58. The Kier molecular flexibility index (Phi) is 4.02. The van der Waals surface area contributed by atoms with Crippen LogP contribution in [0.4, 0.5) is 0 Å². The Balaban J connectivity index is 2.19. The topological polar surface area (TPSA) is 91.9 Å². The number of nitrogens with one attached hydrogen (secondary N) is 2. The number of H-pyrrole nitrogens is 1. The summed E-state index contributed by atoms with van der Waals surface area (Å²) in [4.78, 5) is 18.7. The van der Waals surface area contributed by atoms with Crippen molar-refractivity contribution in [3.05, 3.63) is 27.9 Å². The van der Waals surface area contributed by atoms with Crippen molar-refractivity contribution in [2.75, 3.05) is 11.5 Å². The molecule has 1 aliphatic rings. The number of hydrogen-bond donors (Lipinski definition) is 2. The molecule has 0 aliphatic carbocycles. The molecule has 2 N–H and O–H groups in total. The van der Waals surface area contributed by atoms with Crippen molar-refractivity contribution < 1.29 is 8.42 Å². The molecule has 1 fully saturated rings. The van der Waals surface area contributed by atoms with Gasteiger partial charge in [0.15, 0.2) is 9.84 Å². The van der Waals surface area contributed by atoms with E-state index >= 15 is 0 Å². The van der Waals surface area contributed by atoms with E-state index in [0.29, 0.717) is 24.5 Å². The van der Waals surface area contributed by atoms with E-state index in [1.807, 2.05) is 20.8 Å². The van der Waals surface area contributed by atoms with Crippen molar-refractivity contribution in [3.63, 3.8) is 0 Å². The second-order valence-corrected chi connectivity index (χ2v) is 8.55. The van der Waals surface area contributed by atoms with E-state index in [2.05, 4.69) is 15.3 Å². The number of aromatic nitrogens is 2. The molecule has 2 heterocycles. The molecule has 0 aromatic carbocycles. The average molecular weight is 299 g/mol. The summed E-state index contributed by atoms with van der Waals surface area (Å²) in [5.41, 5.74) is 0.342. The van der Waals surface area contributed by atoms with Crippen LogP contribution in [0.15, 0.2) is 10.9 Å². The summed E-state index contributed by atoms with van der Waals surface area (Å²) in [5, 5.41) is 3.27. The minimum atomic E-state index is -2.98. The highest BCUT2D eigenvalue weighted by Crippen LogP contribution is 2.25. The first-order valence-electron chi connectivity index (χ1n) is 6.70. The lowest BCUT2D eigenvalue weighted by Crippen LogP contribution is -2.35. The van der Waals surface area contributed by atoms with Crippen LogP contribution in [-0.2, 0) is 16.4 Å². The number of aromatic amines is 1. The first-order valence-corrected chi connectivity index (χ1v) is 8.52. The summed E-state index contributed by atoms with van der Waals surface area (Å²) in [5.74, 6) is 0.546. The van der Waals surface area contributed by atoms with Gasteiger partial charge in [-0.05, 0) is 27.2 Å². The summed E-state index contributed by atoms with van der Waals surface area (Å²) < 4.78 is 23.0. The second kappa shape index (κ2) is 5.29. The monoisotopic (exact) mass is 299 g/mol. The van der Waals surface area contributed by atoms with Crippen LogP contribution in [0, 0.1) is 0 Å². The lowest BCUT2D eigenvalue weighted by Gasteiger charge is -2.20. The van der Waals surface area contributed by atoms with Crippen molar-refractivity contribution in [2.24, 2.45) is 0 Å². The van der Waals surface area contributed by atoms with Gasteiger partial charge in [-0.25, -0.2) is 13.4 Å². The van der Waals surface area contributed by atoms with Crippen LogP contribution in [0.2, 0.25) is 0 Å². The molecule has 0 bridgehead atoms. The molecule has 1 atom stereocenters. The standard InChI is InChI=1S/C13H21N3O3S/c1-13(2,3)14-7-10-6-11(17)16-12(15-10)9-4-5-20(18,19)8-9/h6,9,14H,4-5,7-8H2,1-3H3,(H,15,16,17). The third-order valence-electron chi connectivity index (χ3n) is 3.23. The van der Waals surface area contributed by atoms with Crippen LogP contribution in [-0.4, -0.2) is 35.4 Å². The van der Waals surface area contributed by atoms with Gasteiger partial charge in [0, 0.05) is 24.1 Å². The Morgan fingerprint density at radius 1 is 1.45 bits per heavy atom. The Bertz CT molecular complexity index is 644. The van der Waals surface area contributed by atoms with Crippen LogP contribution in [0.25, 0.3) is 0 Å². The van der Waals surface area contributed by atoms with Crippen LogP contribution in [0.5, 0.6) is 0 Å². The molecule has 1 unspecified atom stereocenters. The van der Waals surface area contributed by atoms with Crippen molar-refractivity contribution in [1.29, 1.82) is 0 Å². The molecular formula is C13H21N3O3S. The molecule has 20 heavy (non-hydrogen) atoms. The molecule has 1 saturated heterocycles. The fourth-order valence-corrected chi connectivity index (χ4v) is 3.93. The Morgan fingerprint density at radius 2 is 2.15 bits per heavy atom. The SMILES string of the molecule is CC(C)(C)NCc1cc(=O)[nH]c(C2CCS(=O)(=O)C2)n1. The number of nitrogens with zero attached hydrogens (tertiary/aromatic N) is 1. The van der Waals surface area contributed by atoms with Gasteiger partial charge in [0.05, 0.1) is 17.2 Å². The third-order valence-corrected chi connectivity index (χ3v) is 5.00. The fraction of sp³-hybridized carbons (Fsp3) is 0.692. The lowest BCUT2D eigenvalue weighted by atomic mass is 10.1. The first kappa shape index (κ1) is 15.2. The maximum atomic E-state index is 11.7. The molecule has 1 aromatic rings. The average Bonchev–Trinajstić information content (AvgIpc) is 2.66. The lowest BCUT2D eigenvalue weighted by molar-refractivity contribution is 0.420. The molecule has 0 radical (unpaired) electrons. The van der Waals surface area contributed by atoms with Crippen LogP contribution in [0.3, 0.4) is 0 Å². The van der Waals surface area contributed by atoms with Crippen molar-refractivity contribution in [1.82, 2.24) is 15.3 Å². The maximum absolute atomic E-state index is 11.7. The van der Waals surface area contributed by atoms with Gasteiger partial charge in [0.25, 0.3) is 5.56 Å². The zero-order valence-electron chi connectivity index (χ0n) is 12.1. The van der Waals surface area contributed by atoms with Gasteiger partial charge in [-0.2, -0.15) is 0 Å². The molecule has 7 heteroatoms. The second-order valence-electron chi connectivity index (χ2n) is 6.33. The summed E-state index contributed by atoms with van der Waals surface area (Å²) >= 11 is 0. The van der Waals surface area contributed by atoms with Crippen molar-refractivity contribution >= 4 is 9.84 Å². The van der Waals surface area contributed by atoms with Gasteiger partial charge in [-0.15, -0.1) is 0 Å². The highest BCUT2D eigenvalue weighted by Gasteiger charge is 2.30. The van der Waals surface area contributed by atoms with Gasteiger partial charge in [-0.3, -0.25) is 4.79 Å². The molecule has 0 saturated carbocycles. The van der Waals surface area contributed by atoms with Crippen LogP contribution in [0.1, 0.15) is 44.6 Å². The fourth-order valence-electron chi connectivity index (χ4n) is 2.18. The van der Waals surface area contributed by atoms with Gasteiger partial charge < -0.3 is 10.3 Å². The van der Waals surface area contributed by atoms with Crippen molar-refractivity contribution in [3.8, 4) is 0 Å². The number of rotatable bonds is 3. The van der Waals surface area contributed by atoms with E-state index in [1.54, 1.807) is 0 Å². The molecule has 0 amide bonds. The van der Waals surface area contributed by atoms with E-state index < -0.39 is 9.84 Å². The number of sulfone groups is 1. The van der Waals surface area contributed by atoms with E-state index in [9.17, 15) is 13.2 Å². The highest BCUT2D eigenvalue weighted by atomic mass is 32.2. The minimum Gasteiger partial charge on any atom is -0.310 e. The van der Waals surface area contributed by atoms with Gasteiger partial charge in [0.1, 0.15) is 5.82 Å². The summed E-state index contributed by atoms with van der Waals surface area (Å²) in [7, 11) is -2.98. The molecule has 1 aromatic heterocycles. The van der Waals surface area contributed by atoms with E-state index in [-0.39, 0.29) is 28.5 Å². The van der Waals surface area contributed by atoms with Crippen molar-refractivity contribution in [2.45, 2.75) is 45.2 Å².